The molecule has 0 aliphatic rings. The van der Waals surface area contributed by atoms with Crippen LogP contribution in [0.25, 0.3) is 0 Å². The van der Waals surface area contributed by atoms with Crippen LogP contribution in [0.5, 0.6) is 0 Å². The lowest BCUT2D eigenvalue weighted by molar-refractivity contribution is -0.384. The van der Waals surface area contributed by atoms with E-state index in [-0.39, 0.29) is 11.7 Å². The number of nitrogens with two attached hydrogens (primary N) is 1. The molecule has 0 fully saturated rings. The minimum atomic E-state index is -0.397. The number of benzene rings is 1. The smallest absolute Gasteiger partial charge is 0.269 e. The fourth-order valence-electron chi connectivity index (χ4n) is 1.44. The number of hydrogen-bond donors (Lipinski definition) is 1. The molecular weight excluding hydrogens is 180 g/mol. The molecule has 0 aromatic heterocycles. The van der Waals surface area contributed by atoms with Crippen molar-refractivity contribution in [3.8, 4) is 0 Å². The maximum Gasteiger partial charge on any atom is 0.269 e. The van der Waals surface area contributed by atoms with E-state index in [1.165, 1.54) is 6.07 Å². The van der Waals surface area contributed by atoms with Crippen LogP contribution in [0.2, 0.25) is 0 Å². The third-order valence-corrected chi connectivity index (χ3v) is 2.21. The van der Waals surface area contributed by atoms with Crippen molar-refractivity contribution in [2.75, 3.05) is 0 Å². The number of nitrogens with zero attached hydrogens (tertiary/aromatic N) is 1. The summed E-state index contributed by atoms with van der Waals surface area (Å²) in [7, 11) is 0. The van der Waals surface area contributed by atoms with Crippen molar-refractivity contribution in [1.29, 1.82) is 0 Å². The van der Waals surface area contributed by atoms with Crippen LogP contribution >= 0.6 is 0 Å². The van der Waals surface area contributed by atoms with Crippen molar-refractivity contribution in [3.05, 3.63) is 39.4 Å². The molecule has 0 radical (unpaired) electrons. The van der Waals surface area contributed by atoms with Gasteiger partial charge in [-0.3, -0.25) is 10.1 Å². The second kappa shape index (κ2) is 4.19. The topological polar surface area (TPSA) is 69.2 Å². The molecular formula is C10H14N2O2. The van der Waals surface area contributed by atoms with Crippen molar-refractivity contribution < 1.29 is 4.92 Å². The summed E-state index contributed by atoms with van der Waals surface area (Å²) >= 11 is 0. The van der Waals surface area contributed by atoms with Crippen LogP contribution in [0.4, 0.5) is 5.69 Å². The zero-order valence-electron chi connectivity index (χ0n) is 8.36. The van der Waals surface area contributed by atoms with Gasteiger partial charge < -0.3 is 5.73 Å². The number of aryl methyl sites for hydroxylation is 1. The molecule has 0 saturated heterocycles. The molecule has 0 saturated carbocycles. The number of nitro groups is 1. The van der Waals surface area contributed by atoms with Crippen molar-refractivity contribution >= 4 is 5.69 Å². The maximum absolute atomic E-state index is 10.5. The Bertz CT molecular complexity index is 348. The van der Waals surface area contributed by atoms with E-state index in [1.807, 2.05) is 13.8 Å². The van der Waals surface area contributed by atoms with Gasteiger partial charge in [-0.2, -0.15) is 0 Å². The Morgan fingerprint density at radius 2 is 2.21 bits per heavy atom. The number of rotatable bonds is 3. The van der Waals surface area contributed by atoms with Gasteiger partial charge in [-0.1, -0.05) is 13.0 Å². The lowest BCUT2D eigenvalue weighted by atomic mass is 9.99. The Kier molecular flexibility index (Phi) is 3.19. The van der Waals surface area contributed by atoms with Crippen LogP contribution in [0.1, 0.15) is 31.0 Å². The zero-order valence-corrected chi connectivity index (χ0v) is 8.36. The van der Waals surface area contributed by atoms with Gasteiger partial charge in [0.05, 0.1) is 4.92 Å². The van der Waals surface area contributed by atoms with Gasteiger partial charge in [-0.25, -0.2) is 0 Å². The molecule has 1 rings (SSSR count). The van der Waals surface area contributed by atoms with Gasteiger partial charge >= 0.3 is 0 Å². The monoisotopic (exact) mass is 194 g/mol. The predicted octanol–water partition coefficient (Wildman–Crippen LogP) is 2.18. The highest BCUT2D eigenvalue weighted by atomic mass is 16.6. The summed E-state index contributed by atoms with van der Waals surface area (Å²) in [5.74, 6) is 0. The van der Waals surface area contributed by atoms with Gasteiger partial charge in [0.15, 0.2) is 0 Å². The third kappa shape index (κ3) is 2.09. The fraction of sp³-hybridized carbons (Fsp3) is 0.400. The maximum atomic E-state index is 10.5. The van der Waals surface area contributed by atoms with Crippen molar-refractivity contribution in [2.45, 2.75) is 26.3 Å². The molecule has 1 aromatic rings. The SMILES string of the molecule is CCc1ccc([N+](=O)[O-])cc1[C@H](C)N. The van der Waals surface area contributed by atoms with Gasteiger partial charge in [0, 0.05) is 18.2 Å². The van der Waals surface area contributed by atoms with Gasteiger partial charge in [0.2, 0.25) is 0 Å². The zero-order chi connectivity index (χ0) is 10.7. The Hall–Kier alpha value is -1.42. The number of non-ortho nitro benzene ring substituents is 1. The molecule has 0 bridgehead atoms. The molecule has 0 amide bonds. The highest BCUT2D eigenvalue weighted by Gasteiger charge is 2.11. The van der Waals surface area contributed by atoms with Gasteiger partial charge in [-0.15, -0.1) is 0 Å². The van der Waals surface area contributed by atoms with Crippen molar-refractivity contribution in [3.63, 3.8) is 0 Å². The Morgan fingerprint density at radius 3 is 2.64 bits per heavy atom. The van der Waals surface area contributed by atoms with E-state index in [4.69, 9.17) is 5.73 Å². The molecule has 14 heavy (non-hydrogen) atoms. The van der Waals surface area contributed by atoms with E-state index in [9.17, 15) is 10.1 Å². The second-order valence-electron chi connectivity index (χ2n) is 3.28. The van der Waals surface area contributed by atoms with Crippen LogP contribution in [-0.4, -0.2) is 4.92 Å². The molecule has 0 spiro atoms. The summed E-state index contributed by atoms with van der Waals surface area (Å²) in [5.41, 5.74) is 7.78. The highest BCUT2D eigenvalue weighted by molar-refractivity contribution is 5.41. The first kappa shape index (κ1) is 10.7. The quantitative estimate of drug-likeness (QED) is 0.592. The normalized spacial score (nSPS) is 12.5. The summed E-state index contributed by atoms with van der Waals surface area (Å²) in [4.78, 5) is 10.1. The second-order valence-corrected chi connectivity index (χ2v) is 3.28. The average molecular weight is 194 g/mol. The van der Waals surface area contributed by atoms with Crippen molar-refractivity contribution in [1.82, 2.24) is 0 Å². The first-order chi connectivity index (χ1) is 6.56. The molecule has 1 aromatic carbocycles. The van der Waals surface area contributed by atoms with Gasteiger partial charge in [0.1, 0.15) is 0 Å². The lowest BCUT2D eigenvalue weighted by Crippen LogP contribution is -2.08. The lowest BCUT2D eigenvalue weighted by Gasteiger charge is -2.10. The van der Waals surface area contributed by atoms with E-state index in [1.54, 1.807) is 12.1 Å². The molecule has 0 aliphatic heterocycles. The Morgan fingerprint density at radius 1 is 1.57 bits per heavy atom. The Labute approximate surface area is 82.9 Å². The van der Waals surface area contributed by atoms with E-state index >= 15 is 0 Å². The van der Waals surface area contributed by atoms with E-state index in [0.29, 0.717) is 0 Å². The van der Waals surface area contributed by atoms with Gasteiger partial charge in [-0.05, 0) is 24.5 Å². The predicted molar refractivity (Wildman–Crippen MR) is 55.1 cm³/mol. The van der Waals surface area contributed by atoms with E-state index in [0.717, 1.165) is 17.5 Å². The molecule has 76 valence electrons. The highest BCUT2D eigenvalue weighted by Crippen LogP contribution is 2.22. The summed E-state index contributed by atoms with van der Waals surface area (Å²) in [6.45, 7) is 3.84. The molecule has 0 heterocycles. The summed E-state index contributed by atoms with van der Waals surface area (Å²) in [5, 5.41) is 10.5. The van der Waals surface area contributed by atoms with Crippen LogP contribution in [0.15, 0.2) is 18.2 Å². The molecule has 2 N–H and O–H groups in total. The molecule has 0 aliphatic carbocycles. The largest absolute Gasteiger partial charge is 0.324 e. The molecule has 1 atom stereocenters. The first-order valence-electron chi connectivity index (χ1n) is 4.59. The molecule has 0 unspecified atom stereocenters. The summed E-state index contributed by atoms with van der Waals surface area (Å²) in [6.07, 6.45) is 0.842. The number of hydrogen-bond acceptors (Lipinski definition) is 3. The first-order valence-corrected chi connectivity index (χ1v) is 4.59. The van der Waals surface area contributed by atoms with E-state index < -0.39 is 4.92 Å². The van der Waals surface area contributed by atoms with E-state index in [2.05, 4.69) is 0 Å². The van der Waals surface area contributed by atoms with Crippen LogP contribution in [0, 0.1) is 10.1 Å². The molecule has 4 nitrogen and oxygen atoms in total. The van der Waals surface area contributed by atoms with Crippen LogP contribution in [0.3, 0.4) is 0 Å². The minimum Gasteiger partial charge on any atom is -0.324 e. The third-order valence-electron chi connectivity index (χ3n) is 2.21. The number of nitro benzene ring substituents is 1. The Balaban J connectivity index is 3.20. The van der Waals surface area contributed by atoms with Crippen molar-refractivity contribution in [2.24, 2.45) is 5.73 Å². The van der Waals surface area contributed by atoms with Crippen LogP contribution < -0.4 is 5.73 Å². The standard InChI is InChI=1S/C10H14N2O2/c1-3-8-4-5-9(12(13)14)6-10(8)7(2)11/h4-7H,3,11H2,1-2H3/t7-/m0/s1. The minimum absolute atomic E-state index is 0.106. The summed E-state index contributed by atoms with van der Waals surface area (Å²) in [6, 6.07) is 4.69. The van der Waals surface area contributed by atoms with Crippen LogP contribution in [-0.2, 0) is 6.42 Å². The average Bonchev–Trinajstić information content (AvgIpc) is 2.16. The van der Waals surface area contributed by atoms with Gasteiger partial charge in [0.25, 0.3) is 5.69 Å². The summed E-state index contributed by atoms with van der Waals surface area (Å²) < 4.78 is 0. The molecule has 4 heteroatoms. The fourth-order valence-corrected chi connectivity index (χ4v) is 1.44.